The second-order valence-electron chi connectivity index (χ2n) is 6.97. The number of aromatic amines is 1. The maximum absolute atomic E-state index is 13.1. The van der Waals surface area contributed by atoms with Crippen LogP contribution in [0.15, 0.2) is 66.7 Å². The van der Waals surface area contributed by atoms with Crippen LogP contribution < -0.4 is 0 Å². The number of carboxylic acids is 1. The van der Waals surface area contributed by atoms with Crippen LogP contribution in [0.2, 0.25) is 5.02 Å². The summed E-state index contributed by atoms with van der Waals surface area (Å²) < 4.78 is 0. The maximum atomic E-state index is 13.1. The van der Waals surface area contributed by atoms with Gasteiger partial charge in [0.25, 0.3) is 0 Å². The van der Waals surface area contributed by atoms with Crippen molar-refractivity contribution in [1.82, 2.24) is 4.98 Å². The number of ketones is 1. The van der Waals surface area contributed by atoms with Crippen LogP contribution in [0.5, 0.6) is 0 Å². The number of hydrogen-bond acceptors (Lipinski definition) is 2. The number of nitrogens with one attached hydrogen (secondary N) is 1. The Bertz CT molecular complexity index is 1240. The minimum absolute atomic E-state index is 0.215. The van der Waals surface area contributed by atoms with Crippen LogP contribution in [-0.2, 0) is 11.2 Å². The first-order valence-electron chi connectivity index (χ1n) is 9.16. The van der Waals surface area contributed by atoms with Gasteiger partial charge in [-0.05, 0) is 41.8 Å². The molecule has 0 spiro atoms. The zero-order valence-electron chi connectivity index (χ0n) is 15.7. The number of H-pyrrole nitrogens is 1. The van der Waals surface area contributed by atoms with Crippen LogP contribution >= 0.6 is 11.6 Å². The fourth-order valence-corrected chi connectivity index (χ4v) is 3.63. The molecule has 0 aliphatic carbocycles. The Morgan fingerprint density at radius 3 is 2.34 bits per heavy atom. The molecule has 0 atom stereocenters. The third-order valence-electron chi connectivity index (χ3n) is 5.01. The number of aryl methyl sites for hydroxylation is 1. The van der Waals surface area contributed by atoms with Gasteiger partial charge in [-0.1, -0.05) is 60.1 Å². The number of hydrogen-bond donors (Lipinski definition) is 2. The molecule has 29 heavy (non-hydrogen) atoms. The molecule has 0 aliphatic rings. The van der Waals surface area contributed by atoms with Gasteiger partial charge in [-0.2, -0.15) is 0 Å². The van der Waals surface area contributed by atoms with E-state index in [0.29, 0.717) is 21.8 Å². The monoisotopic (exact) mass is 403 g/mol. The molecule has 1 heterocycles. The Hall–Kier alpha value is -3.37. The summed E-state index contributed by atoms with van der Waals surface area (Å²) in [4.78, 5) is 27.6. The van der Waals surface area contributed by atoms with Crippen molar-refractivity contribution >= 4 is 34.3 Å². The van der Waals surface area contributed by atoms with Gasteiger partial charge in [-0.15, -0.1) is 0 Å². The molecule has 0 bridgehead atoms. The Morgan fingerprint density at radius 2 is 1.66 bits per heavy atom. The predicted molar refractivity (Wildman–Crippen MR) is 115 cm³/mol. The smallest absolute Gasteiger partial charge is 0.307 e. The van der Waals surface area contributed by atoms with E-state index in [4.69, 9.17) is 11.6 Å². The zero-order valence-corrected chi connectivity index (χ0v) is 16.5. The normalized spacial score (nSPS) is 11.0. The predicted octanol–water partition coefficient (Wildman–Crippen LogP) is 5.65. The average Bonchev–Trinajstić information content (AvgIpc) is 3.07. The molecule has 0 saturated carbocycles. The lowest BCUT2D eigenvalue weighted by molar-refractivity contribution is -0.136. The first kappa shape index (κ1) is 19.0. The van der Waals surface area contributed by atoms with E-state index in [1.807, 2.05) is 61.5 Å². The molecule has 0 aliphatic heterocycles. The molecule has 2 N–H and O–H groups in total. The van der Waals surface area contributed by atoms with Gasteiger partial charge in [0.2, 0.25) is 5.78 Å². The summed E-state index contributed by atoms with van der Waals surface area (Å²) in [6.45, 7) is 1.95. The summed E-state index contributed by atoms with van der Waals surface area (Å²) in [5.41, 5.74) is 5.06. The zero-order chi connectivity index (χ0) is 20.5. The summed E-state index contributed by atoms with van der Waals surface area (Å²) >= 11 is 6.10. The Morgan fingerprint density at radius 1 is 0.966 bits per heavy atom. The summed E-state index contributed by atoms with van der Waals surface area (Å²) in [5.74, 6) is -1.20. The van der Waals surface area contributed by atoms with Gasteiger partial charge in [-0.3, -0.25) is 9.59 Å². The van der Waals surface area contributed by atoms with Crippen molar-refractivity contribution in [3.63, 3.8) is 0 Å². The first-order chi connectivity index (χ1) is 13.9. The minimum Gasteiger partial charge on any atom is -0.481 e. The van der Waals surface area contributed by atoms with Gasteiger partial charge in [0, 0.05) is 27.1 Å². The number of carboxylic acid groups (broad SMARTS) is 1. The van der Waals surface area contributed by atoms with Crippen LogP contribution in [0.4, 0.5) is 0 Å². The molecular formula is C24H18ClNO3. The van der Waals surface area contributed by atoms with Crippen LogP contribution in [0.3, 0.4) is 0 Å². The van der Waals surface area contributed by atoms with Crippen molar-refractivity contribution in [1.29, 1.82) is 0 Å². The molecule has 0 amide bonds. The highest BCUT2D eigenvalue weighted by Gasteiger charge is 2.20. The van der Waals surface area contributed by atoms with E-state index >= 15 is 0 Å². The lowest BCUT2D eigenvalue weighted by Crippen LogP contribution is -2.08. The van der Waals surface area contributed by atoms with Gasteiger partial charge in [0.05, 0.1) is 12.1 Å². The highest BCUT2D eigenvalue weighted by molar-refractivity contribution is 6.31. The number of rotatable bonds is 5. The molecule has 0 radical (unpaired) electrons. The second kappa shape index (κ2) is 7.57. The molecule has 4 rings (SSSR count). The third-order valence-corrected chi connectivity index (χ3v) is 5.43. The number of aliphatic carboxylic acids is 1. The summed E-state index contributed by atoms with van der Waals surface area (Å²) in [6.07, 6.45) is -0.215. The van der Waals surface area contributed by atoms with Gasteiger partial charge < -0.3 is 10.1 Å². The van der Waals surface area contributed by atoms with E-state index in [-0.39, 0.29) is 12.2 Å². The van der Waals surface area contributed by atoms with Crippen LogP contribution in [-0.4, -0.2) is 21.8 Å². The maximum Gasteiger partial charge on any atom is 0.307 e. The Kier molecular flexibility index (Phi) is 4.95. The number of halogens is 1. The number of fused-ring (bicyclic) bond motifs is 1. The topological polar surface area (TPSA) is 70.2 Å². The fraction of sp³-hybridized carbons (Fsp3) is 0.0833. The van der Waals surface area contributed by atoms with Gasteiger partial charge in [0.15, 0.2) is 0 Å². The van der Waals surface area contributed by atoms with E-state index in [0.717, 1.165) is 27.6 Å². The highest BCUT2D eigenvalue weighted by Crippen LogP contribution is 2.28. The molecule has 4 nitrogen and oxygen atoms in total. The van der Waals surface area contributed by atoms with E-state index in [1.165, 1.54) is 0 Å². The summed E-state index contributed by atoms with van der Waals surface area (Å²) in [7, 11) is 0. The van der Waals surface area contributed by atoms with E-state index in [2.05, 4.69) is 4.98 Å². The van der Waals surface area contributed by atoms with Crippen LogP contribution in [0.1, 0.15) is 27.2 Å². The second-order valence-corrected chi connectivity index (χ2v) is 7.37. The molecular weight excluding hydrogens is 386 g/mol. The largest absolute Gasteiger partial charge is 0.481 e. The molecule has 4 aromatic rings. The fourth-order valence-electron chi connectivity index (χ4n) is 3.51. The van der Waals surface area contributed by atoms with Crippen molar-refractivity contribution in [2.45, 2.75) is 13.3 Å². The van der Waals surface area contributed by atoms with Crippen molar-refractivity contribution in [2.24, 2.45) is 0 Å². The van der Waals surface area contributed by atoms with Crippen molar-refractivity contribution in [3.05, 3.63) is 94.1 Å². The molecule has 0 fully saturated rings. The Balaban J connectivity index is 1.71. The molecule has 0 saturated heterocycles. The first-order valence-corrected chi connectivity index (χ1v) is 9.54. The number of carbonyl (C=O) groups is 2. The van der Waals surface area contributed by atoms with Gasteiger partial charge in [0.1, 0.15) is 0 Å². The van der Waals surface area contributed by atoms with E-state index in [9.17, 15) is 14.7 Å². The van der Waals surface area contributed by atoms with E-state index < -0.39 is 5.97 Å². The molecule has 3 aromatic carbocycles. The molecule has 144 valence electrons. The quantitative estimate of drug-likeness (QED) is 0.423. The summed E-state index contributed by atoms with van der Waals surface area (Å²) in [5, 5.41) is 10.8. The highest BCUT2D eigenvalue weighted by atomic mass is 35.5. The van der Waals surface area contributed by atoms with Crippen molar-refractivity contribution in [3.8, 4) is 11.1 Å². The number of carbonyl (C=O) groups excluding carboxylic acids is 1. The standard InChI is InChI=1S/C24H18ClNO3/c1-14-12-17(10-11-20(14)25)15-6-8-16(9-7-15)24(29)23-19(13-22(27)28)18-4-2-3-5-21(18)26-23/h2-12,26H,13H2,1H3,(H,27,28). The molecule has 1 aromatic heterocycles. The lowest BCUT2D eigenvalue weighted by atomic mass is 9.98. The summed E-state index contributed by atoms with van der Waals surface area (Å²) in [6, 6.07) is 20.4. The van der Waals surface area contributed by atoms with Crippen LogP contribution in [0.25, 0.3) is 22.0 Å². The van der Waals surface area contributed by atoms with Crippen molar-refractivity contribution in [2.75, 3.05) is 0 Å². The van der Waals surface area contributed by atoms with Gasteiger partial charge in [-0.25, -0.2) is 0 Å². The SMILES string of the molecule is Cc1cc(-c2ccc(C(=O)c3[nH]c4ccccc4c3CC(=O)O)cc2)ccc1Cl. The van der Waals surface area contributed by atoms with E-state index in [1.54, 1.807) is 12.1 Å². The number of aromatic nitrogens is 1. The number of benzene rings is 3. The minimum atomic E-state index is -0.975. The third kappa shape index (κ3) is 3.67. The molecule has 0 unspecified atom stereocenters. The molecule has 5 heteroatoms. The van der Waals surface area contributed by atoms with Crippen molar-refractivity contribution < 1.29 is 14.7 Å². The Labute approximate surface area is 172 Å². The van der Waals surface area contributed by atoms with Crippen LogP contribution in [0, 0.1) is 6.92 Å². The number of para-hydroxylation sites is 1. The lowest BCUT2D eigenvalue weighted by Gasteiger charge is -2.07. The average molecular weight is 404 g/mol. The van der Waals surface area contributed by atoms with Gasteiger partial charge >= 0.3 is 5.97 Å².